The van der Waals surface area contributed by atoms with Crippen molar-refractivity contribution >= 4 is 22.6 Å². The van der Waals surface area contributed by atoms with Gasteiger partial charge < -0.3 is 4.74 Å². The second-order valence-corrected chi connectivity index (χ2v) is 6.59. The minimum atomic E-state index is 0.309. The molecule has 18 heavy (non-hydrogen) atoms. The van der Waals surface area contributed by atoms with Crippen LogP contribution in [0.25, 0.3) is 0 Å². The fraction of sp³-hybridized carbons (Fsp3) is 0.600. The molecule has 2 fully saturated rings. The Labute approximate surface area is 123 Å². The number of ether oxygens (including phenoxy) is 1. The van der Waals surface area contributed by atoms with Gasteiger partial charge in [-0.3, -0.25) is 4.90 Å². The van der Waals surface area contributed by atoms with Crippen molar-refractivity contribution in [3.8, 4) is 5.75 Å². The average Bonchev–Trinajstić information content (AvgIpc) is 2.32. The normalized spacial score (nSPS) is 25.7. The molecule has 1 aromatic carbocycles. The largest absolute Gasteiger partial charge is 0.475 e. The smallest absolute Gasteiger partial charge is 0.152 e. The van der Waals surface area contributed by atoms with Crippen molar-refractivity contribution in [1.29, 1.82) is 0 Å². The maximum atomic E-state index is 6.20. The van der Waals surface area contributed by atoms with E-state index in [0.29, 0.717) is 6.23 Å². The summed E-state index contributed by atoms with van der Waals surface area (Å²) in [5, 5.41) is 0. The molecule has 0 amide bonds. The van der Waals surface area contributed by atoms with Gasteiger partial charge in [0, 0.05) is 16.2 Å². The molecule has 1 saturated carbocycles. The van der Waals surface area contributed by atoms with Gasteiger partial charge in [-0.1, -0.05) is 6.42 Å². The highest BCUT2D eigenvalue weighted by molar-refractivity contribution is 14.1. The molecule has 0 spiro atoms. The van der Waals surface area contributed by atoms with Gasteiger partial charge in [-0.15, -0.1) is 0 Å². The Balaban J connectivity index is 1.66. The Morgan fingerprint density at radius 1 is 1.00 bits per heavy atom. The van der Waals surface area contributed by atoms with E-state index in [1.165, 1.54) is 48.6 Å². The van der Waals surface area contributed by atoms with Crippen molar-refractivity contribution in [1.82, 2.24) is 4.90 Å². The van der Waals surface area contributed by atoms with E-state index in [1.807, 2.05) is 0 Å². The van der Waals surface area contributed by atoms with Gasteiger partial charge in [-0.2, -0.15) is 0 Å². The summed E-state index contributed by atoms with van der Waals surface area (Å²) in [6.45, 7) is 1.22. The van der Waals surface area contributed by atoms with Crippen molar-refractivity contribution < 1.29 is 4.74 Å². The monoisotopic (exact) mass is 357 g/mol. The van der Waals surface area contributed by atoms with Crippen LogP contribution >= 0.6 is 22.6 Å². The Morgan fingerprint density at radius 3 is 2.44 bits per heavy atom. The van der Waals surface area contributed by atoms with Gasteiger partial charge in [-0.25, -0.2) is 0 Å². The van der Waals surface area contributed by atoms with Gasteiger partial charge >= 0.3 is 0 Å². The summed E-state index contributed by atoms with van der Waals surface area (Å²) in [5.74, 6) is 1.02. The zero-order valence-corrected chi connectivity index (χ0v) is 12.8. The first-order chi connectivity index (χ1) is 8.83. The maximum Gasteiger partial charge on any atom is 0.152 e. The molecule has 3 rings (SSSR count). The summed E-state index contributed by atoms with van der Waals surface area (Å²) in [6.07, 6.45) is 8.27. The molecule has 1 atom stereocenters. The minimum Gasteiger partial charge on any atom is -0.475 e. The Kier molecular flexibility index (Phi) is 4.09. The third-order valence-corrected chi connectivity index (χ3v) is 4.84. The average molecular weight is 357 g/mol. The lowest BCUT2D eigenvalue weighted by Gasteiger charge is -2.44. The second kappa shape index (κ2) is 5.78. The summed E-state index contributed by atoms with van der Waals surface area (Å²) in [7, 11) is 0. The first-order valence-electron chi connectivity index (χ1n) is 7.01. The van der Waals surface area contributed by atoms with Crippen LogP contribution in [-0.2, 0) is 0 Å². The standard InChI is InChI=1S/C15H20INO/c16-12-7-9-14(10-8-12)18-15-6-1-2-11-17(15)13-4-3-5-13/h7-10,13,15H,1-6,11H2. The Hall–Kier alpha value is -0.290. The highest BCUT2D eigenvalue weighted by atomic mass is 127. The highest BCUT2D eigenvalue weighted by Crippen LogP contribution is 2.31. The zero-order valence-electron chi connectivity index (χ0n) is 10.6. The van der Waals surface area contributed by atoms with E-state index in [-0.39, 0.29) is 0 Å². The van der Waals surface area contributed by atoms with E-state index < -0.39 is 0 Å². The van der Waals surface area contributed by atoms with Gasteiger partial charge in [0.15, 0.2) is 6.23 Å². The summed E-state index contributed by atoms with van der Waals surface area (Å²) in [6, 6.07) is 9.21. The Morgan fingerprint density at radius 2 is 1.78 bits per heavy atom. The lowest BCUT2D eigenvalue weighted by Crippen LogP contribution is -2.51. The first-order valence-corrected chi connectivity index (χ1v) is 8.09. The number of hydrogen-bond donors (Lipinski definition) is 0. The molecular weight excluding hydrogens is 337 g/mol. The molecule has 1 unspecified atom stereocenters. The number of hydrogen-bond acceptors (Lipinski definition) is 2. The van der Waals surface area contributed by atoms with Gasteiger partial charge in [0.2, 0.25) is 0 Å². The van der Waals surface area contributed by atoms with E-state index in [1.54, 1.807) is 0 Å². The summed E-state index contributed by atoms with van der Waals surface area (Å²) >= 11 is 2.33. The van der Waals surface area contributed by atoms with Crippen LogP contribution in [0, 0.1) is 3.57 Å². The van der Waals surface area contributed by atoms with Crippen LogP contribution in [0.15, 0.2) is 24.3 Å². The summed E-state index contributed by atoms with van der Waals surface area (Å²) in [5.41, 5.74) is 0. The van der Waals surface area contributed by atoms with Gasteiger partial charge in [0.05, 0.1) is 0 Å². The summed E-state index contributed by atoms with van der Waals surface area (Å²) in [4.78, 5) is 2.60. The van der Waals surface area contributed by atoms with Crippen LogP contribution in [0.3, 0.4) is 0 Å². The van der Waals surface area contributed by atoms with Crippen molar-refractivity contribution in [2.45, 2.75) is 50.8 Å². The van der Waals surface area contributed by atoms with Crippen LogP contribution in [0.1, 0.15) is 38.5 Å². The number of halogens is 1. The molecule has 3 heteroatoms. The zero-order chi connectivity index (χ0) is 12.4. The maximum absolute atomic E-state index is 6.20. The molecule has 2 nitrogen and oxygen atoms in total. The van der Waals surface area contributed by atoms with E-state index in [4.69, 9.17) is 4.74 Å². The molecule has 1 heterocycles. The number of nitrogens with zero attached hydrogens (tertiary/aromatic N) is 1. The molecule has 0 aromatic heterocycles. The summed E-state index contributed by atoms with van der Waals surface area (Å²) < 4.78 is 7.47. The van der Waals surface area contributed by atoms with Crippen LogP contribution in [-0.4, -0.2) is 23.7 Å². The number of likely N-dealkylation sites (tertiary alicyclic amines) is 1. The molecule has 0 bridgehead atoms. The fourth-order valence-electron chi connectivity index (χ4n) is 2.86. The van der Waals surface area contributed by atoms with Crippen LogP contribution in [0.4, 0.5) is 0 Å². The van der Waals surface area contributed by atoms with E-state index in [0.717, 1.165) is 11.8 Å². The van der Waals surface area contributed by atoms with Crippen LogP contribution in [0.5, 0.6) is 5.75 Å². The number of piperidine rings is 1. The predicted octanol–water partition coefficient (Wildman–Crippen LogP) is 4.03. The van der Waals surface area contributed by atoms with E-state index in [2.05, 4.69) is 51.8 Å². The van der Waals surface area contributed by atoms with Gasteiger partial charge in [0.1, 0.15) is 5.75 Å². The van der Waals surface area contributed by atoms with Crippen LogP contribution < -0.4 is 4.74 Å². The number of benzene rings is 1. The van der Waals surface area contributed by atoms with E-state index >= 15 is 0 Å². The number of rotatable bonds is 3. The third-order valence-electron chi connectivity index (χ3n) is 4.12. The predicted molar refractivity (Wildman–Crippen MR) is 81.8 cm³/mol. The van der Waals surface area contributed by atoms with E-state index in [9.17, 15) is 0 Å². The lowest BCUT2D eigenvalue weighted by atomic mass is 9.89. The molecule has 0 N–H and O–H groups in total. The van der Waals surface area contributed by atoms with Crippen molar-refractivity contribution in [3.05, 3.63) is 27.8 Å². The van der Waals surface area contributed by atoms with Crippen molar-refractivity contribution in [2.24, 2.45) is 0 Å². The topological polar surface area (TPSA) is 12.5 Å². The molecule has 98 valence electrons. The molecule has 1 aliphatic carbocycles. The fourth-order valence-corrected chi connectivity index (χ4v) is 3.22. The first kappa shape index (κ1) is 12.7. The van der Waals surface area contributed by atoms with Crippen molar-refractivity contribution in [3.63, 3.8) is 0 Å². The molecule has 1 aliphatic heterocycles. The lowest BCUT2D eigenvalue weighted by molar-refractivity contribution is -0.0523. The second-order valence-electron chi connectivity index (χ2n) is 5.34. The molecule has 1 saturated heterocycles. The Bertz CT molecular complexity index is 388. The molecule has 0 radical (unpaired) electrons. The minimum absolute atomic E-state index is 0.309. The molecule has 1 aromatic rings. The van der Waals surface area contributed by atoms with Gasteiger partial charge in [-0.05, 0) is 79.0 Å². The quantitative estimate of drug-likeness (QED) is 0.758. The van der Waals surface area contributed by atoms with Crippen molar-refractivity contribution in [2.75, 3.05) is 6.54 Å². The van der Waals surface area contributed by atoms with Gasteiger partial charge in [0.25, 0.3) is 0 Å². The molecule has 2 aliphatic rings. The van der Waals surface area contributed by atoms with Crippen LogP contribution in [0.2, 0.25) is 0 Å². The third kappa shape index (κ3) is 2.82. The molecular formula is C15H20INO. The highest BCUT2D eigenvalue weighted by Gasteiger charge is 2.33. The SMILES string of the molecule is Ic1ccc(OC2CCCCN2C2CCC2)cc1.